The summed E-state index contributed by atoms with van der Waals surface area (Å²) in [4.78, 5) is 19.9. The van der Waals surface area contributed by atoms with E-state index in [9.17, 15) is 18.0 Å². The lowest BCUT2D eigenvalue weighted by Crippen LogP contribution is -2.61. The van der Waals surface area contributed by atoms with Crippen molar-refractivity contribution >= 4 is 28.8 Å². The summed E-state index contributed by atoms with van der Waals surface area (Å²) in [6, 6.07) is 4.74. The van der Waals surface area contributed by atoms with Gasteiger partial charge in [-0.2, -0.15) is 0 Å². The van der Waals surface area contributed by atoms with Crippen LogP contribution in [0.25, 0.3) is 0 Å². The number of anilines is 1. The van der Waals surface area contributed by atoms with Crippen LogP contribution in [0.3, 0.4) is 0 Å². The Hall–Kier alpha value is -2.42. The van der Waals surface area contributed by atoms with Gasteiger partial charge in [0.25, 0.3) is 11.8 Å². The third-order valence-corrected chi connectivity index (χ3v) is 5.66. The van der Waals surface area contributed by atoms with Gasteiger partial charge in [-0.1, -0.05) is 6.07 Å². The van der Waals surface area contributed by atoms with E-state index in [0.717, 1.165) is 6.92 Å². The van der Waals surface area contributed by atoms with E-state index in [-0.39, 0.29) is 17.0 Å². The molecule has 9 heteroatoms. The van der Waals surface area contributed by atoms with Gasteiger partial charge in [-0.3, -0.25) is 9.79 Å². The number of amidine groups is 1. The second kappa shape index (κ2) is 5.29. The van der Waals surface area contributed by atoms with Gasteiger partial charge < -0.3 is 11.1 Å². The highest BCUT2D eigenvalue weighted by Crippen LogP contribution is 2.57. The third kappa shape index (κ3) is 2.33. The molecule has 1 aromatic heterocycles. The van der Waals surface area contributed by atoms with Crippen molar-refractivity contribution < 1.29 is 18.0 Å². The van der Waals surface area contributed by atoms with Crippen LogP contribution >= 0.6 is 11.3 Å². The van der Waals surface area contributed by atoms with Crippen LogP contribution in [-0.4, -0.2) is 28.3 Å². The molecule has 2 atom stereocenters. The first kappa shape index (κ1) is 17.0. The van der Waals surface area contributed by atoms with Crippen LogP contribution in [0.15, 0.2) is 34.8 Å². The lowest BCUT2D eigenvalue weighted by Gasteiger charge is -2.50. The smallest absolute Gasteiger partial charge is 0.284 e. The molecule has 1 aliphatic carbocycles. The van der Waals surface area contributed by atoms with Gasteiger partial charge >= 0.3 is 0 Å². The molecule has 1 amide bonds. The predicted octanol–water partition coefficient (Wildman–Crippen LogP) is 3.27. The lowest BCUT2D eigenvalue weighted by molar-refractivity contribution is -0.120. The molecule has 0 saturated heterocycles. The molecule has 4 rings (SSSR count). The first-order valence-corrected chi connectivity index (χ1v) is 8.79. The number of amides is 1. The van der Waals surface area contributed by atoms with Crippen molar-refractivity contribution in [2.24, 2.45) is 10.7 Å². The molecule has 26 heavy (non-hydrogen) atoms. The quantitative estimate of drug-likeness (QED) is 0.839. The predicted molar refractivity (Wildman–Crippen MR) is 92.6 cm³/mol. The molecule has 1 aliphatic heterocycles. The number of benzene rings is 1. The van der Waals surface area contributed by atoms with E-state index < -0.39 is 35.3 Å². The molecule has 136 valence electrons. The number of aliphatic imine (C=N–C) groups is 1. The molecule has 0 fully saturated rings. The van der Waals surface area contributed by atoms with Gasteiger partial charge in [-0.25, -0.2) is 18.2 Å². The molecule has 2 aliphatic rings. The fourth-order valence-corrected chi connectivity index (χ4v) is 3.99. The summed E-state index contributed by atoms with van der Waals surface area (Å²) >= 11 is 1.17. The number of carbonyl (C=O) groups is 1. The topological polar surface area (TPSA) is 80.4 Å². The maximum atomic E-state index is 14.8. The summed E-state index contributed by atoms with van der Waals surface area (Å²) in [5.74, 6) is -4.24. The van der Waals surface area contributed by atoms with Crippen LogP contribution < -0.4 is 11.1 Å². The van der Waals surface area contributed by atoms with Crippen molar-refractivity contribution in [3.8, 4) is 0 Å². The van der Waals surface area contributed by atoms with Gasteiger partial charge in [0.15, 0.2) is 16.2 Å². The standard InChI is InChI=1S/C17H15F3N4OS/c1-15(18)8-17(19,20)16(24-14(15)21)7-9-2-3-10(6-11(9)16)23-12(25)13-22-4-5-26-13/h2-6H,7-8H2,1H3,(H2,21,24)(H,23,25)/t15-,16+/m0/s1. The van der Waals surface area contributed by atoms with Crippen LogP contribution in [0.4, 0.5) is 18.9 Å². The van der Waals surface area contributed by atoms with Gasteiger partial charge in [-0.05, 0) is 30.2 Å². The second-order valence-electron chi connectivity index (χ2n) is 6.78. The maximum absolute atomic E-state index is 14.8. The Morgan fingerprint density at radius 1 is 1.35 bits per heavy atom. The average molecular weight is 380 g/mol. The Kier molecular flexibility index (Phi) is 3.46. The zero-order chi connectivity index (χ0) is 18.7. The van der Waals surface area contributed by atoms with Gasteiger partial charge in [0.05, 0.1) is 6.42 Å². The number of fused-ring (bicyclic) bond motifs is 2. The number of hydrogen-bond donors (Lipinski definition) is 2. The van der Waals surface area contributed by atoms with Crippen molar-refractivity contribution in [1.82, 2.24) is 4.98 Å². The molecule has 0 unspecified atom stereocenters. The maximum Gasteiger partial charge on any atom is 0.284 e. The summed E-state index contributed by atoms with van der Waals surface area (Å²) in [6.45, 7) is 1.01. The summed E-state index contributed by atoms with van der Waals surface area (Å²) in [7, 11) is 0. The first-order chi connectivity index (χ1) is 12.1. The average Bonchev–Trinajstić information content (AvgIpc) is 3.06. The van der Waals surface area contributed by atoms with Gasteiger partial charge in [-0.15, -0.1) is 11.3 Å². The molecule has 0 saturated carbocycles. The molecule has 3 N–H and O–H groups in total. The summed E-state index contributed by atoms with van der Waals surface area (Å²) in [5, 5.41) is 4.56. The number of carbonyl (C=O) groups excluding carboxylic acids is 1. The zero-order valence-electron chi connectivity index (χ0n) is 13.7. The van der Waals surface area contributed by atoms with Crippen LogP contribution in [-0.2, 0) is 12.0 Å². The van der Waals surface area contributed by atoms with E-state index in [1.54, 1.807) is 17.5 Å². The number of thiazole rings is 1. The molecule has 5 nitrogen and oxygen atoms in total. The minimum Gasteiger partial charge on any atom is -0.385 e. The minimum atomic E-state index is -3.38. The Morgan fingerprint density at radius 2 is 2.12 bits per heavy atom. The highest BCUT2D eigenvalue weighted by Gasteiger charge is 2.66. The number of nitrogens with two attached hydrogens (primary N) is 1. The van der Waals surface area contributed by atoms with Gasteiger partial charge in [0, 0.05) is 23.7 Å². The Balaban J connectivity index is 1.70. The van der Waals surface area contributed by atoms with Crippen molar-refractivity contribution in [2.45, 2.75) is 36.9 Å². The van der Waals surface area contributed by atoms with Crippen LogP contribution in [0.1, 0.15) is 34.3 Å². The van der Waals surface area contributed by atoms with E-state index in [1.807, 2.05) is 0 Å². The molecular weight excluding hydrogens is 365 g/mol. The van der Waals surface area contributed by atoms with E-state index in [1.165, 1.54) is 23.6 Å². The van der Waals surface area contributed by atoms with E-state index >= 15 is 0 Å². The Labute approximate surface area is 151 Å². The van der Waals surface area contributed by atoms with Crippen LogP contribution in [0, 0.1) is 0 Å². The summed E-state index contributed by atoms with van der Waals surface area (Å²) in [5.41, 5.74) is 2.69. The largest absolute Gasteiger partial charge is 0.385 e. The monoisotopic (exact) mass is 380 g/mol. The van der Waals surface area contributed by atoms with Crippen molar-refractivity contribution in [3.05, 3.63) is 45.9 Å². The normalized spacial score (nSPS) is 28.8. The number of hydrogen-bond acceptors (Lipinski definition) is 5. The third-order valence-electron chi connectivity index (χ3n) is 4.89. The number of nitrogens with one attached hydrogen (secondary N) is 1. The number of alkyl halides is 3. The highest BCUT2D eigenvalue weighted by molar-refractivity contribution is 7.11. The molecule has 0 bridgehead atoms. The Morgan fingerprint density at radius 3 is 2.81 bits per heavy atom. The number of aromatic nitrogens is 1. The van der Waals surface area contributed by atoms with Crippen LogP contribution in [0.5, 0.6) is 0 Å². The molecule has 1 aromatic carbocycles. The molecule has 1 spiro atoms. The minimum absolute atomic E-state index is 0.0210. The Bertz CT molecular complexity index is 926. The van der Waals surface area contributed by atoms with Crippen molar-refractivity contribution in [3.63, 3.8) is 0 Å². The summed E-state index contributed by atoms with van der Waals surface area (Å²) in [6.07, 6.45) is 0.456. The second-order valence-corrected chi connectivity index (χ2v) is 7.67. The first-order valence-electron chi connectivity index (χ1n) is 7.91. The number of halogens is 3. The van der Waals surface area contributed by atoms with E-state index in [2.05, 4.69) is 15.3 Å². The number of rotatable bonds is 2. The fourth-order valence-electron chi connectivity index (χ4n) is 3.46. The SMILES string of the molecule is C[C@]1(F)CC(F)(F)[C@]2(Cc3ccc(NC(=O)c4nccs4)cc32)N=C1N. The molecule has 2 heterocycles. The van der Waals surface area contributed by atoms with Crippen molar-refractivity contribution in [1.29, 1.82) is 0 Å². The van der Waals surface area contributed by atoms with Gasteiger partial charge in [0.2, 0.25) is 0 Å². The fraction of sp³-hybridized carbons (Fsp3) is 0.353. The zero-order valence-corrected chi connectivity index (χ0v) is 14.5. The molecule has 2 aromatic rings. The van der Waals surface area contributed by atoms with E-state index in [4.69, 9.17) is 5.73 Å². The number of nitrogens with zero attached hydrogens (tertiary/aromatic N) is 2. The molecular formula is C17H15F3N4OS. The molecule has 0 radical (unpaired) electrons. The summed E-state index contributed by atoms with van der Waals surface area (Å²) < 4.78 is 43.8. The van der Waals surface area contributed by atoms with Crippen LogP contribution in [0.2, 0.25) is 0 Å². The van der Waals surface area contributed by atoms with Crippen molar-refractivity contribution in [2.75, 3.05) is 5.32 Å². The van der Waals surface area contributed by atoms with E-state index in [0.29, 0.717) is 11.3 Å². The lowest BCUT2D eigenvalue weighted by atomic mass is 9.63. The van der Waals surface area contributed by atoms with Gasteiger partial charge in [0.1, 0.15) is 5.84 Å². The highest BCUT2D eigenvalue weighted by atomic mass is 32.1.